The third kappa shape index (κ3) is 5.91. The molecule has 1 atom stereocenters. The smallest absolute Gasteiger partial charge is 0.222 e. The minimum atomic E-state index is -0.582. The van der Waals surface area contributed by atoms with E-state index in [0.29, 0.717) is 44.8 Å². The lowest BCUT2D eigenvalue weighted by Crippen LogP contribution is -2.45. The second-order valence-electron chi connectivity index (χ2n) is 6.15. The molecule has 1 heterocycles. The normalized spacial score (nSPS) is 20.3. The molecule has 1 fully saturated rings. The Bertz CT molecular complexity index is 263. The third-order valence-corrected chi connectivity index (χ3v) is 4.23. The molecule has 1 aliphatic heterocycles. The Hall–Kier alpha value is -0.610. The maximum atomic E-state index is 12.1. The van der Waals surface area contributed by atoms with Gasteiger partial charge in [0.25, 0.3) is 0 Å². The molecule has 1 amide bonds. The van der Waals surface area contributed by atoms with Crippen LogP contribution in [0.25, 0.3) is 0 Å². The summed E-state index contributed by atoms with van der Waals surface area (Å²) in [7, 11) is 0. The maximum Gasteiger partial charge on any atom is 0.222 e. The van der Waals surface area contributed by atoms with E-state index in [-0.39, 0.29) is 5.91 Å². The largest absolute Gasteiger partial charge is 0.390 e. The van der Waals surface area contributed by atoms with Crippen LogP contribution in [0.2, 0.25) is 0 Å². The Labute approximate surface area is 117 Å². The molecule has 0 spiro atoms. The number of likely N-dealkylation sites (tertiary alicyclic amines) is 1. The molecule has 1 unspecified atom stereocenters. The van der Waals surface area contributed by atoms with Gasteiger partial charge in [0.05, 0.1) is 5.60 Å². The van der Waals surface area contributed by atoms with Crippen LogP contribution in [-0.4, -0.2) is 41.1 Å². The second-order valence-corrected chi connectivity index (χ2v) is 6.15. The van der Waals surface area contributed by atoms with Crippen LogP contribution in [0.1, 0.15) is 58.8 Å². The lowest BCUT2D eigenvalue weighted by molar-refractivity contribution is -0.135. The summed E-state index contributed by atoms with van der Waals surface area (Å²) in [4.78, 5) is 14.0. The average molecular weight is 270 g/mol. The van der Waals surface area contributed by atoms with Crippen molar-refractivity contribution in [3.05, 3.63) is 0 Å². The van der Waals surface area contributed by atoms with Gasteiger partial charge in [-0.1, -0.05) is 19.8 Å². The first kappa shape index (κ1) is 16.4. The number of hydrogen-bond donors (Lipinski definition) is 2. The summed E-state index contributed by atoms with van der Waals surface area (Å²) >= 11 is 0. The molecule has 1 saturated heterocycles. The molecule has 19 heavy (non-hydrogen) atoms. The third-order valence-electron chi connectivity index (χ3n) is 4.23. The number of piperidine rings is 1. The van der Waals surface area contributed by atoms with Crippen molar-refractivity contribution in [3.63, 3.8) is 0 Å². The second kappa shape index (κ2) is 7.85. The number of amides is 1. The summed E-state index contributed by atoms with van der Waals surface area (Å²) in [6, 6.07) is 0. The van der Waals surface area contributed by atoms with Gasteiger partial charge in [0.2, 0.25) is 5.91 Å². The predicted molar refractivity (Wildman–Crippen MR) is 77.7 cm³/mol. The number of carbonyl (C=O) groups excluding carboxylic acids is 1. The summed E-state index contributed by atoms with van der Waals surface area (Å²) in [5.74, 6) is 0.834. The summed E-state index contributed by atoms with van der Waals surface area (Å²) in [5.41, 5.74) is 5.03. The van der Waals surface area contributed by atoms with Gasteiger partial charge in [0.1, 0.15) is 0 Å². The van der Waals surface area contributed by atoms with Crippen LogP contribution in [0.3, 0.4) is 0 Å². The van der Waals surface area contributed by atoms with Crippen LogP contribution in [0.15, 0.2) is 0 Å². The number of nitrogens with zero attached hydrogens (tertiary/aromatic N) is 1. The van der Waals surface area contributed by atoms with Gasteiger partial charge in [-0.05, 0) is 45.1 Å². The van der Waals surface area contributed by atoms with Gasteiger partial charge in [-0.3, -0.25) is 4.79 Å². The van der Waals surface area contributed by atoms with Gasteiger partial charge in [-0.2, -0.15) is 0 Å². The molecular weight excluding hydrogens is 240 g/mol. The van der Waals surface area contributed by atoms with E-state index >= 15 is 0 Å². The zero-order chi connectivity index (χ0) is 14.3. The molecule has 1 aliphatic rings. The van der Waals surface area contributed by atoms with Crippen LogP contribution in [0, 0.1) is 5.92 Å². The minimum absolute atomic E-state index is 0.244. The molecule has 0 aromatic rings. The van der Waals surface area contributed by atoms with E-state index in [4.69, 9.17) is 5.73 Å². The van der Waals surface area contributed by atoms with Crippen molar-refractivity contribution in [2.75, 3.05) is 19.6 Å². The lowest BCUT2D eigenvalue weighted by Gasteiger charge is -2.36. The van der Waals surface area contributed by atoms with Crippen LogP contribution >= 0.6 is 0 Å². The predicted octanol–water partition coefficient (Wildman–Crippen LogP) is 1.91. The molecular formula is C15H30N2O2. The monoisotopic (exact) mass is 270 g/mol. The zero-order valence-corrected chi connectivity index (χ0v) is 12.5. The highest BCUT2D eigenvalue weighted by Gasteiger charge is 2.29. The van der Waals surface area contributed by atoms with Crippen molar-refractivity contribution in [1.29, 1.82) is 0 Å². The highest BCUT2D eigenvalue weighted by Crippen LogP contribution is 2.23. The lowest BCUT2D eigenvalue weighted by atomic mass is 9.92. The van der Waals surface area contributed by atoms with E-state index in [1.807, 2.05) is 11.8 Å². The van der Waals surface area contributed by atoms with Crippen molar-refractivity contribution in [1.82, 2.24) is 4.90 Å². The average Bonchev–Trinajstić information content (AvgIpc) is 2.36. The Morgan fingerprint density at radius 2 is 1.95 bits per heavy atom. The molecule has 0 bridgehead atoms. The van der Waals surface area contributed by atoms with Crippen LogP contribution < -0.4 is 5.73 Å². The molecule has 0 aromatic carbocycles. The highest BCUT2D eigenvalue weighted by molar-refractivity contribution is 5.76. The number of nitrogens with two attached hydrogens (primary N) is 1. The van der Waals surface area contributed by atoms with Gasteiger partial charge < -0.3 is 15.7 Å². The Balaban J connectivity index is 2.30. The van der Waals surface area contributed by atoms with E-state index in [1.165, 1.54) is 6.42 Å². The molecule has 112 valence electrons. The van der Waals surface area contributed by atoms with Gasteiger partial charge in [0, 0.05) is 19.5 Å². The SMILES string of the molecule is CCCC(CCN)CCC(=O)N1CCC(C)(O)CC1. The fraction of sp³-hybridized carbons (Fsp3) is 0.933. The van der Waals surface area contributed by atoms with E-state index in [0.717, 1.165) is 19.3 Å². The van der Waals surface area contributed by atoms with Gasteiger partial charge >= 0.3 is 0 Å². The summed E-state index contributed by atoms with van der Waals surface area (Å²) in [6.45, 7) is 6.14. The van der Waals surface area contributed by atoms with Gasteiger partial charge in [0.15, 0.2) is 0 Å². The zero-order valence-electron chi connectivity index (χ0n) is 12.5. The fourth-order valence-electron chi connectivity index (χ4n) is 2.80. The molecule has 3 N–H and O–H groups in total. The maximum absolute atomic E-state index is 12.1. The van der Waals surface area contributed by atoms with Gasteiger partial charge in [-0.25, -0.2) is 0 Å². The summed E-state index contributed by atoms with van der Waals surface area (Å²) < 4.78 is 0. The number of rotatable bonds is 7. The minimum Gasteiger partial charge on any atom is -0.390 e. The Kier molecular flexibility index (Phi) is 6.80. The van der Waals surface area contributed by atoms with Crippen LogP contribution in [0.5, 0.6) is 0 Å². The molecule has 4 nitrogen and oxygen atoms in total. The first-order chi connectivity index (χ1) is 8.98. The van der Waals surface area contributed by atoms with Crippen LogP contribution in [-0.2, 0) is 4.79 Å². The van der Waals surface area contributed by atoms with Gasteiger partial charge in [-0.15, -0.1) is 0 Å². The van der Waals surface area contributed by atoms with E-state index in [9.17, 15) is 9.90 Å². The van der Waals surface area contributed by atoms with Crippen LogP contribution in [0.4, 0.5) is 0 Å². The van der Waals surface area contributed by atoms with E-state index in [2.05, 4.69) is 6.92 Å². The molecule has 1 rings (SSSR count). The highest BCUT2D eigenvalue weighted by atomic mass is 16.3. The van der Waals surface area contributed by atoms with Crippen molar-refractivity contribution >= 4 is 5.91 Å². The number of aliphatic hydroxyl groups is 1. The van der Waals surface area contributed by atoms with E-state index < -0.39 is 5.60 Å². The first-order valence-electron chi connectivity index (χ1n) is 7.68. The molecule has 0 aromatic heterocycles. The van der Waals surface area contributed by atoms with Crippen molar-refractivity contribution in [2.24, 2.45) is 11.7 Å². The standard InChI is InChI=1S/C15H30N2O2/c1-3-4-13(7-10-16)5-6-14(18)17-11-8-15(2,19)9-12-17/h13,19H,3-12,16H2,1-2H3. The number of carbonyl (C=O) groups is 1. The van der Waals surface area contributed by atoms with Crippen molar-refractivity contribution < 1.29 is 9.90 Å². The van der Waals surface area contributed by atoms with Crippen molar-refractivity contribution in [3.8, 4) is 0 Å². The quantitative estimate of drug-likeness (QED) is 0.742. The fourth-order valence-corrected chi connectivity index (χ4v) is 2.80. The van der Waals surface area contributed by atoms with E-state index in [1.54, 1.807) is 0 Å². The molecule has 0 saturated carbocycles. The summed E-state index contributed by atoms with van der Waals surface area (Å²) in [5, 5.41) is 9.88. The first-order valence-corrected chi connectivity index (χ1v) is 7.68. The van der Waals surface area contributed by atoms with Crippen molar-refractivity contribution in [2.45, 2.75) is 64.4 Å². The summed E-state index contributed by atoms with van der Waals surface area (Å²) in [6.07, 6.45) is 6.32. The topological polar surface area (TPSA) is 66.6 Å². The molecule has 0 aliphatic carbocycles. The Morgan fingerprint density at radius 3 is 2.47 bits per heavy atom. The molecule has 4 heteroatoms. The Morgan fingerprint density at radius 1 is 1.32 bits per heavy atom. The number of hydrogen-bond acceptors (Lipinski definition) is 3. The molecule has 0 radical (unpaired) electrons.